The van der Waals surface area contributed by atoms with Crippen LogP contribution in [-0.2, 0) is 13.2 Å². The smallest absolute Gasteiger partial charge is 0.435 e. The normalized spacial score (nSPS) is 11.8. The highest BCUT2D eigenvalue weighted by atomic mass is 19.4. The van der Waals surface area contributed by atoms with Gasteiger partial charge in [-0.3, -0.25) is 0 Å². The Kier molecular flexibility index (Phi) is 3.00. The van der Waals surface area contributed by atoms with E-state index in [4.69, 9.17) is 10.5 Å². The lowest BCUT2D eigenvalue weighted by Crippen LogP contribution is -2.12. The predicted octanol–water partition coefficient (Wildman–Crippen LogP) is 0.776. The molecule has 2 N–H and O–H groups in total. The summed E-state index contributed by atoms with van der Waals surface area (Å²) >= 11 is 0. The summed E-state index contributed by atoms with van der Waals surface area (Å²) < 4.78 is 42.4. The topological polar surface area (TPSA) is 53.1 Å². The van der Waals surface area contributed by atoms with Gasteiger partial charge >= 0.3 is 6.18 Å². The lowest BCUT2D eigenvalue weighted by Gasteiger charge is -2.02. The van der Waals surface area contributed by atoms with Crippen LogP contribution in [0.15, 0.2) is 6.07 Å². The summed E-state index contributed by atoms with van der Waals surface area (Å²) in [4.78, 5) is 0. The van der Waals surface area contributed by atoms with Gasteiger partial charge in [0.2, 0.25) is 5.88 Å². The third-order valence-corrected chi connectivity index (χ3v) is 1.50. The van der Waals surface area contributed by atoms with Crippen LogP contribution in [-0.4, -0.2) is 22.9 Å². The number of aryl methyl sites for hydroxylation is 1. The predicted molar refractivity (Wildman–Crippen MR) is 42.8 cm³/mol. The van der Waals surface area contributed by atoms with Crippen molar-refractivity contribution >= 4 is 0 Å². The lowest BCUT2D eigenvalue weighted by atomic mass is 10.4. The fourth-order valence-corrected chi connectivity index (χ4v) is 0.887. The fourth-order valence-electron chi connectivity index (χ4n) is 0.887. The molecule has 0 aliphatic carbocycles. The van der Waals surface area contributed by atoms with Crippen LogP contribution in [0, 0.1) is 0 Å². The molecular formula is C7H10F3N3O. The third-order valence-electron chi connectivity index (χ3n) is 1.50. The van der Waals surface area contributed by atoms with Gasteiger partial charge in [0.05, 0.1) is 0 Å². The number of alkyl halides is 3. The average molecular weight is 209 g/mol. The first kappa shape index (κ1) is 10.8. The van der Waals surface area contributed by atoms with Gasteiger partial charge in [-0.2, -0.15) is 18.3 Å². The van der Waals surface area contributed by atoms with Crippen LogP contribution in [0.2, 0.25) is 0 Å². The standard InChI is InChI=1S/C7H10F3N3O/c1-13-6(14-3-2-11)4-5(12-13)7(8,9)10/h4H,2-3,11H2,1H3. The molecule has 80 valence electrons. The zero-order valence-electron chi connectivity index (χ0n) is 7.51. The molecule has 14 heavy (non-hydrogen) atoms. The Morgan fingerprint density at radius 3 is 2.64 bits per heavy atom. The van der Waals surface area contributed by atoms with Crippen LogP contribution in [0.5, 0.6) is 5.88 Å². The fraction of sp³-hybridized carbons (Fsp3) is 0.571. The Morgan fingerprint density at radius 1 is 1.57 bits per heavy atom. The molecule has 0 amide bonds. The molecule has 0 atom stereocenters. The van der Waals surface area contributed by atoms with Crippen LogP contribution in [0.1, 0.15) is 5.69 Å². The Balaban J connectivity index is 2.82. The minimum atomic E-state index is -4.44. The van der Waals surface area contributed by atoms with Crippen molar-refractivity contribution in [1.82, 2.24) is 9.78 Å². The van der Waals surface area contributed by atoms with E-state index in [0.717, 1.165) is 10.7 Å². The molecule has 0 saturated heterocycles. The second kappa shape index (κ2) is 3.87. The maximum Gasteiger partial charge on any atom is 0.435 e. The summed E-state index contributed by atoms with van der Waals surface area (Å²) in [6.45, 7) is 0.406. The van der Waals surface area contributed by atoms with E-state index in [-0.39, 0.29) is 19.0 Å². The maximum absolute atomic E-state index is 12.1. The van der Waals surface area contributed by atoms with Crippen LogP contribution in [0.4, 0.5) is 13.2 Å². The van der Waals surface area contributed by atoms with Crippen molar-refractivity contribution in [3.63, 3.8) is 0 Å². The van der Waals surface area contributed by atoms with Gasteiger partial charge < -0.3 is 10.5 Å². The monoisotopic (exact) mass is 209 g/mol. The highest BCUT2D eigenvalue weighted by molar-refractivity contribution is 5.18. The van der Waals surface area contributed by atoms with E-state index in [1.54, 1.807) is 0 Å². The van der Waals surface area contributed by atoms with E-state index in [0.29, 0.717) is 0 Å². The van der Waals surface area contributed by atoms with E-state index >= 15 is 0 Å². The quantitative estimate of drug-likeness (QED) is 0.800. The number of aromatic nitrogens is 2. The summed E-state index contributed by atoms with van der Waals surface area (Å²) in [6, 6.07) is 0.843. The zero-order chi connectivity index (χ0) is 10.8. The van der Waals surface area contributed by atoms with Crippen LogP contribution < -0.4 is 10.5 Å². The molecule has 1 aromatic heterocycles. The molecule has 1 heterocycles. The van der Waals surface area contributed by atoms with E-state index in [2.05, 4.69) is 5.10 Å². The van der Waals surface area contributed by atoms with Gasteiger partial charge in [0.1, 0.15) is 6.61 Å². The van der Waals surface area contributed by atoms with Gasteiger partial charge in [0, 0.05) is 19.7 Å². The van der Waals surface area contributed by atoms with Gasteiger partial charge in [-0.25, -0.2) is 4.68 Å². The van der Waals surface area contributed by atoms with Gasteiger partial charge in [-0.15, -0.1) is 0 Å². The van der Waals surface area contributed by atoms with Crippen molar-refractivity contribution in [3.05, 3.63) is 11.8 Å². The highest BCUT2D eigenvalue weighted by Gasteiger charge is 2.34. The number of rotatable bonds is 3. The Hall–Kier alpha value is -1.24. The Labute approximate surface area is 78.4 Å². The van der Waals surface area contributed by atoms with E-state index in [9.17, 15) is 13.2 Å². The molecule has 1 aromatic rings. The van der Waals surface area contributed by atoms with E-state index < -0.39 is 11.9 Å². The molecule has 0 aromatic carbocycles. The molecule has 0 radical (unpaired) electrons. The van der Waals surface area contributed by atoms with Gasteiger partial charge in [-0.05, 0) is 0 Å². The SMILES string of the molecule is Cn1nc(C(F)(F)F)cc1OCCN. The molecular weight excluding hydrogens is 199 g/mol. The molecule has 0 aliphatic rings. The molecule has 0 aliphatic heterocycles. The second-order valence-corrected chi connectivity index (χ2v) is 2.63. The van der Waals surface area contributed by atoms with Crippen LogP contribution in [0.25, 0.3) is 0 Å². The average Bonchev–Trinajstić information content (AvgIpc) is 2.43. The first-order valence-corrected chi connectivity index (χ1v) is 3.89. The van der Waals surface area contributed by atoms with Crippen LogP contribution in [0.3, 0.4) is 0 Å². The first-order chi connectivity index (χ1) is 6.45. The molecule has 0 unspecified atom stereocenters. The minimum Gasteiger partial charge on any atom is -0.476 e. The van der Waals surface area contributed by atoms with Crippen molar-refractivity contribution in [2.24, 2.45) is 12.8 Å². The second-order valence-electron chi connectivity index (χ2n) is 2.63. The summed E-state index contributed by atoms with van der Waals surface area (Å²) in [5.74, 6) is 0.0581. The number of ether oxygens (including phenoxy) is 1. The summed E-state index contributed by atoms with van der Waals surface area (Å²) in [5, 5.41) is 3.26. The van der Waals surface area contributed by atoms with Gasteiger partial charge in [-0.1, -0.05) is 0 Å². The molecule has 1 rings (SSSR count). The van der Waals surface area contributed by atoms with Gasteiger partial charge in [0.25, 0.3) is 0 Å². The van der Waals surface area contributed by atoms with Crippen molar-refractivity contribution in [2.45, 2.75) is 6.18 Å². The largest absolute Gasteiger partial charge is 0.476 e. The summed E-state index contributed by atoms with van der Waals surface area (Å²) in [5.41, 5.74) is 4.18. The summed E-state index contributed by atoms with van der Waals surface area (Å²) in [7, 11) is 1.38. The van der Waals surface area contributed by atoms with Gasteiger partial charge in [0.15, 0.2) is 5.69 Å². The number of nitrogens with two attached hydrogens (primary N) is 1. The Morgan fingerprint density at radius 2 is 2.21 bits per heavy atom. The number of nitrogens with zero attached hydrogens (tertiary/aromatic N) is 2. The molecule has 0 fully saturated rings. The first-order valence-electron chi connectivity index (χ1n) is 3.89. The number of halogens is 3. The van der Waals surface area contributed by atoms with Crippen LogP contribution >= 0.6 is 0 Å². The highest BCUT2D eigenvalue weighted by Crippen LogP contribution is 2.30. The van der Waals surface area contributed by atoms with E-state index in [1.165, 1.54) is 7.05 Å². The molecule has 4 nitrogen and oxygen atoms in total. The zero-order valence-corrected chi connectivity index (χ0v) is 7.51. The van der Waals surface area contributed by atoms with Crippen molar-refractivity contribution in [2.75, 3.05) is 13.2 Å². The maximum atomic E-state index is 12.1. The van der Waals surface area contributed by atoms with Crippen molar-refractivity contribution in [1.29, 1.82) is 0 Å². The van der Waals surface area contributed by atoms with Crippen molar-refractivity contribution in [3.8, 4) is 5.88 Å². The third kappa shape index (κ3) is 2.38. The van der Waals surface area contributed by atoms with Crippen molar-refractivity contribution < 1.29 is 17.9 Å². The molecule has 0 saturated carbocycles. The Bertz CT molecular complexity index is 308. The molecule has 0 bridgehead atoms. The van der Waals surface area contributed by atoms with E-state index in [1.807, 2.05) is 0 Å². The molecule has 0 spiro atoms. The summed E-state index contributed by atoms with van der Waals surface area (Å²) in [6.07, 6.45) is -4.44. The lowest BCUT2D eigenvalue weighted by molar-refractivity contribution is -0.141. The number of hydrogen-bond donors (Lipinski definition) is 1. The number of hydrogen-bond acceptors (Lipinski definition) is 3. The minimum absolute atomic E-state index is 0.0581. The molecule has 7 heteroatoms.